The maximum atomic E-state index is 5.81. The zero-order valence-corrected chi connectivity index (χ0v) is 12.9. The standard InChI is InChI=1S/C17H27NO2/c1-4-19-16-7-5-6-14(10-16)12-18-15-8-9-20-17(11-15)13(2)3/h5-7,10,13,15,17-18H,4,8-9,11-12H2,1-3H3. The Balaban J connectivity index is 1.83. The Morgan fingerprint density at radius 2 is 2.25 bits per heavy atom. The monoisotopic (exact) mass is 277 g/mol. The lowest BCUT2D eigenvalue weighted by atomic mass is 9.95. The van der Waals surface area contributed by atoms with Crippen molar-refractivity contribution in [3.05, 3.63) is 29.8 Å². The molecular weight excluding hydrogens is 250 g/mol. The third-order valence-corrected chi connectivity index (χ3v) is 3.86. The topological polar surface area (TPSA) is 30.5 Å². The van der Waals surface area contributed by atoms with E-state index in [9.17, 15) is 0 Å². The summed E-state index contributed by atoms with van der Waals surface area (Å²) in [4.78, 5) is 0. The molecule has 3 nitrogen and oxygen atoms in total. The molecule has 112 valence electrons. The van der Waals surface area contributed by atoms with E-state index in [1.54, 1.807) is 0 Å². The van der Waals surface area contributed by atoms with E-state index >= 15 is 0 Å². The van der Waals surface area contributed by atoms with Crippen LogP contribution in [0.1, 0.15) is 39.2 Å². The minimum atomic E-state index is 0.399. The van der Waals surface area contributed by atoms with Crippen molar-refractivity contribution in [2.45, 2.75) is 52.3 Å². The summed E-state index contributed by atoms with van der Waals surface area (Å²) in [6.07, 6.45) is 2.62. The number of benzene rings is 1. The molecule has 0 aliphatic carbocycles. The van der Waals surface area contributed by atoms with Gasteiger partial charge in [-0.25, -0.2) is 0 Å². The SMILES string of the molecule is CCOc1cccc(CNC2CCOC(C(C)C)C2)c1. The summed E-state index contributed by atoms with van der Waals surface area (Å²) in [7, 11) is 0. The number of hydrogen-bond donors (Lipinski definition) is 1. The molecule has 0 radical (unpaired) electrons. The third kappa shape index (κ3) is 4.50. The van der Waals surface area contributed by atoms with Crippen molar-refractivity contribution in [1.82, 2.24) is 5.32 Å². The van der Waals surface area contributed by atoms with E-state index in [1.807, 2.05) is 13.0 Å². The van der Waals surface area contributed by atoms with Crippen LogP contribution in [0, 0.1) is 5.92 Å². The highest BCUT2D eigenvalue weighted by Crippen LogP contribution is 2.21. The predicted octanol–water partition coefficient (Wildman–Crippen LogP) is 3.38. The molecule has 1 aliphatic heterocycles. The summed E-state index contributed by atoms with van der Waals surface area (Å²) in [6.45, 7) is 8.97. The second kappa shape index (κ2) is 7.65. The van der Waals surface area contributed by atoms with Crippen LogP contribution in [0.5, 0.6) is 5.75 Å². The Bertz CT molecular complexity index is 406. The summed E-state index contributed by atoms with van der Waals surface area (Å²) in [5.41, 5.74) is 1.28. The zero-order chi connectivity index (χ0) is 14.4. The van der Waals surface area contributed by atoms with Crippen LogP contribution in [0.4, 0.5) is 0 Å². The molecule has 1 aromatic rings. The first-order chi connectivity index (χ1) is 9.69. The fourth-order valence-corrected chi connectivity index (χ4v) is 2.65. The van der Waals surface area contributed by atoms with Gasteiger partial charge in [0, 0.05) is 19.2 Å². The van der Waals surface area contributed by atoms with E-state index in [2.05, 4.69) is 37.4 Å². The first-order valence-electron chi connectivity index (χ1n) is 7.75. The summed E-state index contributed by atoms with van der Waals surface area (Å²) in [5, 5.41) is 3.66. The van der Waals surface area contributed by atoms with Crippen LogP contribution in [0.2, 0.25) is 0 Å². The zero-order valence-electron chi connectivity index (χ0n) is 12.9. The van der Waals surface area contributed by atoms with Crippen LogP contribution in [-0.4, -0.2) is 25.4 Å². The molecular formula is C17H27NO2. The van der Waals surface area contributed by atoms with Crippen molar-refractivity contribution in [3.8, 4) is 5.75 Å². The third-order valence-electron chi connectivity index (χ3n) is 3.86. The maximum Gasteiger partial charge on any atom is 0.119 e. The largest absolute Gasteiger partial charge is 0.494 e. The van der Waals surface area contributed by atoms with E-state index in [4.69, 9.17) is 9.47 Å². The normalized spacial score (nSPS) is 23.0. The number of hydrogen-bond acceptors (Lipinski definition) is 3. The van der Waals surface area contributed by atoms with Crippen LogP contribution in [0.15, 0.2) is 24.3 Å². The van der Waals surface area contributed by atoms with E-state index < -0.39 is 0 Å². The smallest absolute Gasteiger partial charge is 0.119 e. The second-order valence-corrected chi connectivity index (χ2v) is 5.84. The van der Waals surface area contributed by atoms with Gasteiger partial charge in [0.15, 0.2) is 0 Å². The molecule has 1 fully saturated rings. The number of nitrogens with one attached hydrogen (secondary N) is 1. The fourth-order valence-electron chi connectivity index (χ4n) is 2.65. The van der Waals surface area contributed by atoms with Crippen LogP contribution >= 0.6 is 0 Å². The maximum absolute atomic E-state index is 5.81. The fraction of sp³-hybridized carbons (Fsp3) is 0.647. The van der Waals surface area contributed by atoms with Crippen molar-refractivity contribution >= 4 is 0 Å². The summed E-state index contributed by atoms with van der Waals surface area (Å²) < 4.78 is 11.4. The molecule has 1 aromatic carbocycles. The number of rotatable bonds is 6. The van der Waals surface area contributed by atoms with E-state index in [1.165, 1.54) is 5.56 Å². The van der Waals surface area contributed by atoms with Gasteiger partial charge in [-0.3, -0.25) is 0 Å². The van der Waals surface area contributed by atoms with Gasteiger partial charge < -0.3 is 14.8 Å². The molecule has 2 unspecified atom stereocenters. The van der Waals surface area contributed by atoms with Crippen molar-refractivity contribution in [3.63, 3.8) is 0 Å². The Labute approximate surface area is 122 Å². The average molecular weight is 277 g/mol. The van der Waals surface area contributed by atoms with Gasteiger partial charge in [-0.05, 0) is 43.4 Å². The Morgan fingerprint density at radius 1 is 1.40 bits per heavy atom. The van der Waals surface area contributed by atoms with Crippen molar-refractivity contribution in [2.24, 2.45) is 5.92 Å². The van der Waals surface area contributed by atoms with E-state index in [0.29, 0.717) is 24.7 Å². The lowest BCUT2D eigenvalue weighted by Crippen LogP contribution is -2.40. The lowest BCUT2D eigenvalue weighted by molar-refractivity contribution is -0.0245. The van der Waals surface area contributed by atoms with Crippen molar-refractivity contribution < 1.29 is 9.47 Å². The van der Waals surface area contributed by atoms with Crippen LogP contribution in [0.3, 0.4) is 0 Å². The van der Waals surface area contributed by atoms with E-state index in [0.717, 1.165) is 31.7 Å². The van der Waals surface area contributed by atoms with Gasteiger partial charge in [-0.2, -0.15) is 0 Å². The van der Waals surface area contributed by atoms with Crippen LogP contribution < -0.4 is 10.1 Å². The van der Waals surface area contributed by atoms with E-state index in [-0.39, 0.29) is 0 Å². The van der Waals surface area contributed by atoms with Crippen LogP contribution in [0.25, 0.3) is 0 Å². The Morgan fingerprint density at radius 3 is 3.00 bits per heavy atom. The molecule has 2 rings (SSSR count). The summed E-state index contributed by atoms with van der Waals surface area (Å²) in [6, 6.07) is 8.90. The molecule has 0 spiro atoms. The molecule has 3 heteroatoms. The lowest BCUT2D eigenvalue weighted by Gasteiger charge is -2.32. The van der Waals surface area contributed by atoms with Gasteiger partial charge in [0.25, 0.3) is 0 Å². The molecule has 2 atom stereocenters. The molecule has 0 saturated carbocycles. The molecule has 1 aliphatic rings. The van der Waals surface area contributed by atoms with Crippen molar-refractivity contribution in [2.75, 3.05) is 13.2 Å². The highest BCUT2D eigenvalue weighted by molar-refractivity contribution is 5.28. The molecule has 20 heavy (non-hydrogen) atoms. The highest BCUT2D eigenvalue weighted by atomic mass is 16.5. The van der Waals surface area contributed by atoms with Gasteiger partial charge >= 0.3 is 0 Å². The molecule has 1 N–H and O–H groups in total. The minimum Gasteiger partial charge on any atom is -0.494 e. The predicted molar refractivity (Wildman–Crippen MR) is 82.1 cm³/mol. The summed E-state index contributed by atoms with van der Waals surface area (Å²) >= 11 is 0. The first kappa shape index (κ1) is 15.3. The molecule has 0 aromatic heterocycles. The van der Waals surface area contributed by atoms with Crippen LogP contribution in [-0.2, 0) is 11.3 Å². The Hall–Kier alpha value is -1.06. The van der Waals surface area contributed by atoms with Gasteiger partial charge in [0.2, 0.25) is 0 Å². The molecule has 0 amide bonds. The second-order valence-electron chi connectivity index (χ2n) is 5.84. The highest BCUT2D eigenvalue weighted by Gasteiger charge is 2.24. The molecule has 1 heterocycles. The van der Waals surface area contributed by atoms with Gasteiger partial charge in [0.05, 0.1) is 12.7 Å². The quantitative estimate of drug-likeness (QED) is 0.864. The Kier molecular flexibility index (Phi) is 5.86. The van der Waals surface area contributed by atoms with Crippen molar-refractivity contribution in [1.29, 1.82) is 0 Å². The van der Waals surface area contributed by atoms with Gasteiger partial charge in [-0.1, -0.05) is 26.0 Å². The number of ether oxygens (including phenoxy) is 2. The summed E-state index contributed by atoms with van der Waals surface area (Å²) in [5.74, 6) is 1.56. The molecule has 1 saturated heterocycles. The first-order valence-corrected chi connectivity index (χ1v) is 7.75. The van der Waals surface area contributed by atoms with Gasteiger partial charge in [-0.15, -0.1) is 0 Å². The molecule has 0 bridgehead atoms. The minimum absolute atomic E-state index is 0.399. The average Bonchev–Trinajstić information content (AvgIpc) is 2.46. The van der Waals surface area contributed by atoms with Gasteiger partial charge in [0.1, 0.15) is 5.75 Å².